The molecule has 0 fully saturated rings. The van der Waals surface area contributed by atoms with Gasteiger partial charge in [-0.2, -0.15) is 0 Å². The molecule has 0 spiro atoms. The van der Waals surface area contributed by atoms with Crippen molar-refractivity contribution in [2.24, 2.45) is 0 Å². The number of furan rings is 2. The Hall–Kier alpha value is -6.85. The van der Waals surface area contributed by atoms with Gasteiger partial charge in [0.05, 0.1) is 11.4 Å². The van der Waals surface area contributed by atoms with E-state index >= 15 is 0 Å². The molecule has 5 heteroatoms. The maximum absolute atomic E-state index is 6.73. The normalized spacial score (nSPS) is 11.6. The predicted octanol–water partition coefficient (Wildman–Crippen LogP) is 12.0. The Morgan fingerprint density at radius 3 is 1.88 bits per heavy atom. The van der Waals surface area contributed by atoms with Gasteiger partial charge in [0.15, 0.2) is 5.82 Å². The highest BCUT2D eigenvalue weighted by atomic mass is 16.3. The van der Waals surface area contributed by atoms with Crippen molar-refractivity contribution in [3.05, 3.63) is 164 Å². The summed E-state index contributed by atoms with van der Waals surface area (Å²) in [4.78, 5) is 14.7. The summed E-state index contributed by atoms with van der Waals surface area (Å²) < 4.78 is 13.0. The van der Waals surface area contributed by atoms with E-state index in [0.29, 0.717) is 5.82 Å². The molecule has 10 rings (SSSR count). The molecule has 0 aliphatic heterocycles. The number of pyridine rings is 1. The molecule has 0 amide bonds. The van der Waals surface area contributed by atoms with Crippen LogP contribution < -0.4 is 0 Å². The van der Waals surface area contributed by atoms with E-state index in [9.17, 15) is 0 Å². The lowest BCUT2D eigenvalue weighted by Gasteiger charge is -2.13. The molecule has 0 atom stereocenters. The predicted molar refractivity (Wildman–Crippen MR) is 202 cm³/mol. The summed E-state index contributed by atoms with van der Waals surface area (Å²) in [5, 5.41) is 4.29. The molecule has 4 aromatic heterocycles. The molecule has 0 radical (unpaired) electrons. The second kappa shape index (κ2) is 11.4. The van der Waals surface area contributed by atoms with Gasteiger partial charge in [0.2, 0.25) is 0 Å². The molecule has 50 heavy (non-hydrogen) atoms. The molecule has 0 bridgehead atoms. The first-order chi connectivity index (χ1) is 24.8. The average Bonchev–Trinajstić information content (AvgIpc) is 3.77. The number of rotatable bonds is 5. The fraction of sp³-hybridized carbons (Fsp3) is 0. The number of hydrogen-bond donors (Lipinski definition) is 0. The van der Waals surface area contributed by atoms with Crippen LogP contribution in [0.15, 0.2) is 173 Å². The highest BCUT2D eigenvalue weighted by molar-refractivity contribution is 6.17. The smallest absolute Gasteiger partial charge is 0.160 e. The topological polar surface area (TPSA) is 65.0 Å². The molecule has 10 aromatic rings. The number of aromatic nitrogens is 3. The fourth-order valence-electron chi connectivity index (χ4n) is 7.08. The van der Waals surface area contributed by atoms with Crippen molar-refractivity contribution in [1.29, 1.82) is 0 Å². The molecule has 0 saturated carbocycles. The Bertz CT molecular complexity index is 2870. The standard InChI is InChI=1S/C45H27N3O2/c1-2-11-28(12-3-1)45-47-38(33-15-5-4-14-31(33)30-13-10-24-46-27-30)26-39(48-45)36-23-22-32(43-37-17-7-9-19-41(37)50-44(36)43)29-20-21-35-34-16-6-8-18-40(34)49-42(35)25-29/h1-27H. The molecular formula is C45H27N3O2. The number of fused-ring (bicyclic) bond motifs is 6. The zero-order valence-corrected chi connectivity index (χ0v) is 26.7. The summed E-state index contributed by atoms with van der Waals surface area (Å²) in [6.45, 7) is 0. The second-order valence-electron chi connectivity index (χ2n) is 12.4. The molecule has 0 aliphatic carbocycles. The summed E-state index contributed by atoms with van der Waals surface area (Å²) >= 11 is 0. The van der Waals surface area contributed by atoms with Gasteiger partial charge >= 0.3 is 0 Å². The first-order valence-electron chi connectivity index (χ1n) is 16.6. The van der Waals surface area contributed by atoms with Crippen molar-refractivity contribution >= 4 is 43.9 Å². The molecule has 0 N–H and O–H groups in total. The van der Waals surface area contributed by atoms with Gasteiger partial charge in [0, 0.05) is 56.2 Å². The first kappa shape index (κ1) is 28.2. The zero-order valence-electron chi connectivity index (χ0n) is 26.7. The van der Waals surface area contributed by atoms with E-state index in [1.165, 1.54) is 0 Å². The monoisotopic (exact) mass is 641 g/mol. The van der Waals surface area contributed by atoms with Gasteiger partial charge in [0.1, 0.15) is 22.3 Å². The van der Waals surface area contributed by atoms with Gasteiger partial charge in [-0.15, -0.1) is 0 Å². The lowest BCUT2D eigenvalue weighted by atomic mass is 9.94. The summed E-state index contributed by atoms with van der Waals surface area (Å²) in [6, 6.07) is 51.7. The maximum atomic E-state index is 6.73. The van der Waals surface area contributed by atoms with E-state index in [1.807, 2.05) is 85.1 Å². The molecule has 6 aromatic carbocycles. The van der Waals surface area contributed by atoms with E-state index in [2.05, 4.69) is 77.8 Å². The van der Waals surface area contributed by atoms with Crippen LogP contribution in [0.1, 0.15) is 0 Å². The van der Waals surface area contributed by atoms with Gasteiger partial charge in [0.25, 0.3) is 0 Å². The lowest BCUT2D eigenvalue weighted by molar-refractivity contribution is 0.668. The SMILES string of the molecule is c1ccc(-c2nc(-c3ccccc3-c3cccnc3)cc(-c3ccc(-c4ccc5c(c4)oc4ccccc45)c4c3oc3ccccc34)n2)cc1. The Labute approximate surface area is 287 Å². The molecule has 0 aliphatic rings. The first-order valence-corrected chi connectivity index (χ1v) is 16.6. The molecule has 0 unspecified atom stereocenters. The molecule has 4 heterocycles. The lowest BCUT2D eigenvalue weighted by Crippen LogP contribution is -1.97. The van der Waals surface area contributed by atoms with E-state index in [-0.39, 0.29) is 0 Å². The number of para-hydroxylation sites is 2. The van der Waals surface area contributed by atoms with Crippen LogP contribution in [-0.2, 0) is 0 Å². The van der Waals surface area contributed by atoms with E-state index in [1.54, 1.807) is 6.20 Å². The van der Waals surface area contributed by atoms with Gasteiger partial charge in [-0.3, -0.25) is 4.98 Å². The minimum absolute atomic E-state index is 0.641. The van der Waals surface area contributed by atoms with Crippen molar-refractivity contribution in [2.75, 3.05) is 0 Å². The third-order valence-electron chi connectivity index (χ3n) is 9.43. The van der Waals surface area contributed by atoms with E-state index in [0.717, 1.165) is 94.2 Å². The van der Waals surface area contributed by atoms with Crippen LogP contribution in [0, 0.1) is 0 Å². The van der Waals surface area contributed by atoms with Gasteiger partial charge < -0.3 is 8.83 Å². The highest BCUT2D eigenvalue weighted by Crippen LogP contribution is 2.43. The van der Waals surface area contributed by atoms with E-state index in [4.69, 9.17) is 18.8 Å². The van der Waals surface area contributed by atoms with Crippen molar-refractivity contribution in [3.63, 3.8) is 0 Å². The summed E-state index contributed by atoms with van der Waals surface area (Å²) in [7, 11) is 0. The van der Waals surface area contributed by atoms with Gasteiger partial charge in [-0.05, 0) is 59.2 Å². The van der Waals surface area contributed by atoms with Crippen LogP contribution >= 0.6 is 0 Å². The van der Waals surface area contributed by atoms with Crippen molar-refractivity contribution in [1.82, 2.24) is 15.0 Å². The van der Waals surface area contributed by atoms with Crippen molar-refractivity contribution < 1.29 is 8.83 Å². The minimum Gasteiger partial charge on any atom is -0.456 e. The fourth-order valence-corrected chi connectivity index (χ4v) is 7.08. The van der Waals surface area contributed by atoms with Crippen molar-refractivity contribution in [2.45, 2.75) is 0 Å². The third-order valence-corrected chi connectivity index (χ3v) is 9.43. The van der Waals surface area contributed by atoms with Crippen LogP contribution in [0.2, 0.25) is 0 Å². The quantitative estimate of drug-likeness (QED) is 0.187. The Morgan fingerprint density at radius 1 is 0.400 bits per heavy atom. The Kier molecular flexibility index (Phi) is 6.42. The Balaban J connectivity index is 1.22. The largest absolute Gasteiger partial charge is 0.456 e. The number of hydrogen-bond acceptors (Lipinski definition) is 5. The Morgan fingerprint density at radius 2 is 1.06 bits per heavy atom. The zero-order chi connectivity index (χ0) is 33.0. The van der Waals surface area contributed by atoms with Crippen molar-refractivity contribution in [3.8, 4) is 56.2 Å². The highest BCUT2D eigenvalue weighted by Gasteiger charge is 2.21. The summed E-state index contributed by atoms with van der Waals surface area (Å²) in [6.07, 6.45) is 3.68. The maximum Gasteiger partial charge on any atom is 0.160 e. The number of benzene rings is 6. The van der Waals surface area contributed by atoms with Gasteiger partial charge in [-0.25, -0.2) is 9.97 Å². The molecule has 0 saturated heterocycles. The van der Waals surface area contributed by atoms with Crippen LogP contribution in [-0.4, -0.2) is 15.0 Å². The summed E-state index contributed by atoms with van der Waals surface area (Å²) in [5.41, 5.74) is 11.9. The second-order valence-corrected chi connectivity index (χ2v) is 12.4. The van der Waals surface area contributed by atoms with Gasteiger partial charge in [-0.1, -0.05) is 109 Å². The van der Waals surface area contributed by atoms with Crippen LogP contribution in [0.25, 0.3) is 100 Å². The minimum atomic E-state index is 0.641. The summed E-state index contributed by atoms with van der Waals surface area (Å²) in [5.74, 6) is 0.641. The molecule has 234 valence electrons. The van der Waals surface area contributed by atoms with E-state index < -0.39 is 0 Å². The number of nitrogens with zero attached hydrogens (tertiary/aromatic N) is 3. The van der Waals surface area contributed by atoms with Crippen LogP contribution in [0.5, 0.6) is 0 Å². The molecular weight excluding hydrogens is 615 g/mol. The van der Waals surface area contributed by atoms with Crippen LogP contribution in [0.4, 0.5) is 0 Å². The third kappa shape index (κ3) is 4.60. The average molecular weight is 642 g/mol. The van der Waals surface area contributed by atoms with Crippen LogP contribution in [0.3, 0.4) is 0 Å². The molecule has 5 nitrogen and oxygen atoms in total.